The smallest absolute Gasteiger partial charge is 0.414 e. The van der Waals surface area contributed by atoms with E-state index in [1.54, 1.807) is 6.08 Å². The summed E-state index contributed by atoms with van der Waals surface area (Å²) in [5.74, 6) is 0. The molecule has 6 heavy (non-hydrogen) atoms. The lowest BCUT2D eigenvalue weighted by molar-refractivity contribution is 0.397. The van der Waals surface area contributed by atoms with Crippen molar-refractivity contribution >= 4 is 18.4 Å². The molecule has 33 valence electrons. The predicted molar refractivity (Wildman–Crippen MR) is 27.8 cm³/mol. The van der Waals surface area contributed by atoms with Crippen LogP contribution in [0.1, 0.15) is 0 Å². The van der Waals surface area contributed by atoms with Crippen molar-refractivity contribution in [3.8, 4) is 0 Å². The van der Waals surface area contributed by atoms with Crippen molar-refractivity contribution in [2.75, 3.05) is 6.61 Å². The Hall–Kier alpha value is 0.0549. The molecule has 0 N–H and O–H groups in total. The zero-order valence-corrected chi connectivity index (χ0v) is 4.11. The fraction of sp³-hybridized carbons (Fsp3) is 0.333. The highest BCUT2D eigenvalue weighted by Crippen LogP contribution is 1.72. The molecule has 0 saturated carbocycles. The molecule has 0 rings (SSSR count). The molecule has 0 aromatic rings. The quantitative estimate of drug-likeness (QED) is 0.294. The third-order valence-corrected chi connectivity index (χ3v) is 0.403. The second kappa shape index (κ2) is 5.05. The van der Waals surface area contributed by atoms with E-state index in [9.17, 15) is 0 Å². The Kier molecular flexibility index (Phi) is 5.10. The highest BCUT2D eigenvalue weighted by Gasteiger charge is 1.75. The number of hydrogen-bond acceptors (Lipinski definition) is 1. The van der Waals surface area contributed by atoms with E-state index in [1.807, 2.05) is 0 Å². The van der Waals surface area contributed by atoms with E-state index in [0.717, 1.165) is 6.90 Å². The summed E-state index contributed by atoms with van der Waals surface area (Å²) < 4.78 is 4.51. The fourth-order valence-corrected chi connectivity index (χ4v) is 0.177. The van der Waals surface area contributed by atoms with Crippen LogP contribution in [0.5, 0.6) is 0 Å². The van der Waals surface area contributed by atoms with Gasteiger partial charge in [-0.25, -0.2) is 0 Å². The van der Waals surface area contributed by atoms with Crippen LogP contribution in [0, 0.1) is 0 Å². The Morgan fingerprint density at radius 3 is 2.83 bits per heavy atom. The van der Waals surface area contributed by atoms with Gasteiger partial charge in [-0.1, -0.05) is 6.08 Å². The van der Waals surface area contributed by atoms with Crippen molar-refractivity contribution in [1.82, 2.24) is 0 Å². The molecule has 0 aromatic heterocycles. The highest BCUT2D eigenvalue weighted by atomic mass is 35.5. The topological polar surface area (TPSA) is 9.23 Å². The lowest BCUT2D eigenvalue weighted by Crippen LogP contribution is -1.87. The van der Waals surface area contributed by atoms with Gasteiger partial charge in [-0.05, 0) is 0 Å². The van der Waals surface area contributed by atoms with Crippen LogP contribution in [0.4, 0.5) is 0 Å². The first kappa shape index (κ1) is 6.05. The molecule has 0 fully saturated rings. The number of rotatable bonds is 3. The Labute approximate surface area is 43.1 Å². The van der Waals surface area contributed by atoms with Crippen molar-refractivity contribution in [2.45, 2.75) is 0 Å². The van der Waals surface area contributed by atoms with Crippen molar-refractivity contribution in [3.63, 3.8) is 0 Å². The molecule has 0 heterocycles. The Morgan fingerprint density at radius 1 is 2.00 bits per heavy atom. The van der Waals surface area contributed by atoms with Crippen molar-refractivity contribution < 1.29 is 4.65 Å². The molecule has 0 aliphatic rings. The minimum atomic E-state index is 0.490. The van der Waals surface area contributed by atoms with Crippen LogP contribution < -0.4 is 0 Å². The van der Waals surface area contributed by atoms with E-state index in [2.05, 4.69) is 11.2 Å². The van der Waals surface area contributed by atoms with Gasteiger partial charge in [0, 0.05) is 6.61 Å². The number of halogens is 1. The predicted octanol–water partition coefficient (Wildman–Crippen LogP) is 0.962. The van der Waals surface area contributed by atoms with Gasteiger partial charge in [-0.15, -0.1) is 6.58 Å². The Morgan fingerprint density at radius 2 is 2.67 bits per heavy atom. The summed E-state index contributed by atoms with van der Waals surface area (Å²) in [7, 11) is 0. The van der Waals surface area contributed by atoms with Gasteiger partial charge in [0.25, 0.3) is 0 Å². The van der Waals surface area contributed by atoms with E-state index < -0.39 is 0 Å². The molecule has 0 bridgehead atoms. The normalized spacial score (nSPS) is 7.50. The Balaban J connectivity index is 2.49. The standard InChI is InChI=1S/C3H5BClO/c1-2-3-6-4-5/h2H,1,3H2. The van der Waals surface area contributed by atoms with Gasteiger partial charge in [0.2, 0.25) is 0 Å². The molecule has 0 spiro atoms. The van der Waals surface area contributed by atoms with E-state index in [-0.39, 0.29) is 0 Å². The lowest BCUT2D eigenvalue weighted by atomic mass is 10.5. The van der Waals surface area contributed by atoms with E-state index in [0.29, 0.717) is 6.61 Å². The van der Waals surface area contributed by atoms with Gasteiger partial charge in [0.1, 0.15) is 0 Å². The molecule has 0 unspecified atom stereocenters. The SMILES string of the molecule is C=CCO[B]Cl. The molecule has 3 heteroatoms. The van der Waals surface area contributed by atoms with Gasteiger partial charge >= 0.3 is 6.90 Å². The van der Waals surface area contributed by atoms with Gasteiger partial charge in [0.15, 0.2) is 0 Å². The number of hydrogen-bond donors (Lipinski definition) is 0. The molecule has 0 saturated heterocycles. The molecular formula is C3H5BClO. The van der Waals surface area contributed by atoms with Crippen LogP contribution in [0.25, 0.3) is 0 Å². The fourth-order valence-electron chi connectivity index (χ4n) is 0.104. The molecule has 1 radical (unpaired) electrons. The monoisotopic (exact) mass is 103 g/mol. The summed E-state index contributed by atoms with van der Waals surface area (Å²) >= 11 is 4.99. The second-order valence-electron chi connectivity index (χ2n) is 0.711. The van der Waals surface area contributed by atoms with Gasteiger partial charge in [0.05, 0.1) is 0 Å². The van der Waals surface area contributed by atoms with Crippen LogP contribution in [0.15, 0.2) is 12.7 Å². The molecular weight excluding hydrogens is 98.3 g/mol. The van der Waals surface area contributed by atoms with E-state index in [4.69, 9.17) is 11.5 Å². The first-order valence-electron chi connectivity index (χ1n) is 1.56. The summed E-state index contributed by atoms with van der Waals surface area (Å²) in [6.45, 7) is 5.00. The zero-order valence-electron chi connectivity index (χ0n) is 3.36. The Bertz CT molecular complexity index is 39.8. The minimum absolute atomic E-state index is 0.490. The van der Waals surface area contributed by atoms with Crippen LogP contribution in [0.2, 0.25) is 0 Å². The van der Waals surface area contributed by atoms with E-state index >= 15 is 0 Å². The first-order valence-corrected chi connectivity index (χ1v) is 2.00. The third-order valence-electron chi connectivity index (χ3n) is 0.277. The third kappa shape index (κ3) is 4.05. The zero-order chi connectivity index (χ0) is 4.83. The molecule has 0 aromatic carbocycles. The van der Waals surface area contributed by atoms with Crippen molar-refractivity contribution in [1.29, 1.82) is 0 Å². The average Bonchev–Trinajstić information content (AvgIpc) is 1.61. The first-order chi connectivity index (χ1) is 2.91. The lowest BCUT2D eigenvalue weighted by Gasteiger charge is -1.84. The highest BCUT2D eigenvalue weighted by molar-refractivity contribution is 6.89. The maximum atomic E-state index is 4.99. The summed E-state index contributed by atoms with van der Waals surface area (Å²) in [6.07, 6.45) is 1.62. The van der Waals surface area contributed by atoms with Crippen LogP contribution in [-0.4, -0.2) is 13.5 Å². The molecule has 1 nitrogen and oxygen atoms in total. The van der Waals surface area contributed by atoms with E-state index in [1.165, 1.54) is 0 Å². The average molecular weight is 103 g/mol. The summed E-state index contributed by atoms with van der Waals surface area (Å²) in [5.41, 5.74) is 0. The molecule has 0 aliphatic carbocycles. The molecule has 0 atom stereocenters. The van der Waals surface area contributed by atoms with Crippen LogP contribution in [0.3, 0.4) is 0 Å². The molecule has 0 aliphatic heterocycles. The van der Waals surface area contributed by atoms with Crippen molar-refractivity contribution in [2.24, 2.45) is 0 Å². The van der Waals surface area contributed by atoms with Gasteiger partial charge in [-0.3, -0.25) is 0 Å². The minimum Gasteiger partial charge on any atom is -0.421 e. The maximum Gasteiger partial charge on any atom is 0.414 e. The summed E-state index contributed by atoms with van der Waals surface area (Å²) in [5, 5.41) is 0. The maximum absolute atomic E-state index is 4.99. The van der Waals surface area contributed by atoms with Crippen molar-refractivity contribution in [3.05, 3.63) is 12.7 Å². The molecule has 0 amide bonds. The van der Waals surface area contributed by atoms with Gasteiger partial charge in [-0.2, -0.15) is 11.5 Å². The second-order valence-corrected chi connectivity index (χ2v) is 0.889. The van der Waals surface area contributed by atoms with Crippen LogP contribution in [-0.2, 0) is 4.65 Å². The summed E-state index contributed by atoms with van der Waals surface area (Å²) in [6, 6.07) is 0. The largest absolute Gasteiger partial charge is 0.421 e. The summed E-state index contributed by atoms with van der Waals surface area (Å²) in [4.78, 5) is 0. The van der Waals surface area contributed by atoms with Crippen LogP contribution >= 0.6 is 11.5 Å². The van der Waals surface area contributed by atoms with Gasteiger partial charge < -0.3 is 4.65 Å².